The topological polar surface area (TPSA) is 137 Å². The molecule has 3 aromatic rings. The highest BCUT2D eigenvalue weighted by atomic mass is 19.4. The van der Waals surface area contributed by atoms with E-state index in [-0.39, 0.29) is 28.5 Å². The van der Waals surface area contributed by atoms with Crippen molar-refractivity contribution in [3.05, 3.63) is 75.7 Å². The number of nitrogens with zero attached hydrogens (tertiary/aromatic N) is 3. The van der Waals surface area contributed by atoms with Gasteiger partial charge < -0.3 is 14.6 Å². The van der Waals surface area contributed by atoms with E-state index in [9.17, 15) is 32.9 Å². The van der Waals surface area contributed by atoms with Crippen LogP contribution in [-0.2, 0) is 22.3 Å². The van der Waals surface area contributed by atoms with E-state index in [2.05, 4.69) is 15.5 Å². The molecule has 0 saturated heterocycles. The van der Waals surface area contributed by atoms with Crippen LogP contribution in [0, 0.1) is 10.1 Å². The average molecular weight is 464 g/mol. The summed E-state index contributed by atoms with van der Waals surface area (Å²) >= 11 is 0. The van der Waals surface area contributed by atoms with E-state index in [1.807, 2.05) is 0 Å². The lowest BCUT2D eigenvalue weighted by Gasteiger charge is -2.12. The van der Waals surface area contributed by atoms with Gasteiger partial charge in [-0.3, -0.25) is 14.9 Å². The van der Waals surface area contributed by atoms with Crippen LogP contribution in [0.15, 0.2) is 53.1 Å². The van der Waals surface area contributed by atoms with Gasteiger partial charge in [0.25, 0.3) is 17.5 Å². The highest BCUT2D eigenvalue weighted by Crippen LogP contribution is 2.30. The molecule has 0 aliphatic rings. The first-order valence-electron chi connectivity index (χ1n) is 9.27. The fourth-order valence-corrected chi connectivity index (χ4v) is 2.60. The molecule has 33 heavy (non-hydrogen) atoms. The van der Waals surface area contributed by atoms with Gasteiger partial charge in [-0.25, -0.2) is 4.79 Å². The lowest BCUT2D eigenvalue weighted by Crippen LogP contribution is -2.39. The summed E-state index contributed by atoms with van der Waals surface area (Å²) < 4.78 is 47.8. The average Bonchev–Trinajstić information content (AvgIpc) is 3.26. The molecule has 1 heterocycles. The molecular formula is C20H15F3N4O6. The zero-order valence-electron chi connectivity index (χ0n) is 16.8. The van der Waals surface area contributed by atoms with Crippen LogP contribution in [0.1, 0.15) is 28.7 Å². The summed E-state index contributed by atoms with van der Waals surface area (Å²) in [5.41, 5.74) is -0.855. The molecule has 0 saturated carbocycles. The molecule has 1 amide bonds. The number of non-ortho nitro benzene ring substituents is 1. The van der Waals surface area contributed by atoms with Crippen LogP contribution in [0.2, 0.25) is 0 Å². The predicted molar refractivity (Wildman–Crippen MR) is 105 cm³/mol. The minimum absolute atomic E-state index is 0.00166. The molecule has 1 N–H and O–H groups in total. The first kappa shape index (κ1) is 23.4. The third-order valence-corrected chi connectivity index (χ3v) is 4.30. The number of nitrogens with one attached hydrogen (secondary N) is 1. The first-order chi connectivity index (χ1) is 15.5. The maximum Gasteiger partial charge on any atom is 0.416 e. The quantitative estimate of drug-likeness (QED) is 0.318. The van der Waals surface area contributed by atoms with E-state index in [4.69, 9.17) is 9.26 Å². The highest BCUT2D eigenvalue weighted by molar-refractivity contribution is 5.97. The van der Waals surface area contributed by atoms with Crippen molar-refractivity contribution in [2.24, 2.45) is 0 Å². The number of esters is 1. The van der Waals surface area contributed by atoms with Crippen LogP contribution in [0.5, 0.6) is 0 Å². The van der Waals surface area contributed by atoms with Crippen molar-refractivity contribution in [1.29, 1.82) is 0 Å². The molecule has 1 atom stereocenters. The molecule has 0 radical (unpaired) electrons. The summed E-state index contributed by atoms with van der Waals surface area (Å²) in [6.07, 6.45) is -4.48. The van der Waals surface area contributed by atoms with E-state index in [0.29, 0.717) is 0 Å². The number of nitro benzene ring substituents is 1. The van der Waals surface area contributed by atoms with E-state index >= 15 is 0 Å². The standard InChI is InChI=1S/C20H15F3N4O6/c1-11(24-18(28)13-3-2-4-15(9-13)27(30)31)19(29)32-10-16-25-17(26-33-16)12-5-7-14(8-6-12)20(21,22)23/h2-9,11H,10H2,1H3,(H,24,28)/t11-/m0/s1. The second-order valence-corrected chi connectivity index (χ2v) is 6.70. The summed E-state index contributed by atoms with van der Waals surface area (Å²) in [5.74, 6) is -1.68. The van der Waals surface area contributed by atoms with Crippen molar-refractivity contribution in [2.45, 2.75) is 25.7 Å². The zero-order chi connectivity index (χ0) is 24.2. The number of aromatic nitrogens is 2. The maximum absolute atomic E-state index is 12.6. The highest BCUT2D eigenvalue weighted by Gasteiger charge is 2.30. The number of hydrogen-bond donors (Lipinski definition) is 1. The van der Waals surface area contributed by atoms with Gasteiger partial charge in [0.15, 0.2) is 6.61 Å². The number of benzene rings is 2. The van der Waals surface area contributed by atoms with E-state index in [1.54, 1.807) is 0 Å². The Kier molecular flexibility index (Phi) is 6.70. The molecule has 0 fully saturated rings. The van der Waals surface area contributed by atoms with Gasteiger partial charge in [0, 0.05) is 23.3 Å². The Bertz CT molecular complexity index is 1180. The number of ether oxygens (including phenoxy) is 1. The summed E-state index contributed by atoms with van der Waals surface area (Å²) in [6.45, 7) is 0.905. The number of rotatable bonds is 7. The summed E-state index contributed by atoms with van der Waals surface area (Å²) in [6, 6.07) is 7.96. The van der Waals surface area contributed by atoms with Gasteiger partial charge in [-0.05, 0) is 25.1 Å². The number of hydrogen-bond acceptors (Lipinski definition) is 8. The molecule has 13 heteroatoms. The predicted octanol–water partition coefficient (Wildman–Crippen LogP) is 3.53. The Balaban J connectivity index is 1.55. The van der Waals surface area contributed by atoms with Gasteiger partial charge in [0.1, 0.15) is 6.04 Å². The molecule has 172 valence electrons. The number of nitro groups is 1. The normalized spacial score (nSPS) is 12.1. The molecule has 2 aromatic carbocycles. The monoisotopic (exact) mass is 464 g/mol. The number of alkyl halides is 3. The van der Waals surface area contributed by atoms with Crippen LogP contribution in [0.4, 0.5) is 18.9 Å². The summed E-state index contributed by atoms with van der Waals surface area (Å²) in [5, 5.41) is 16.8. The molecule has 10 nitrogen and oxygen atoms in total. The minimum atomic E-state index is -4.48. The maximum atomic E-state index is 12.6. The van der Waals surface area contributed by atoms with Gasteiger partial charge in [0.2, 0.25) is 5.82 Å². The molecule has 0 unspecified atom stereocenters. The lowest BCUT2D eigenvalue weighted by atomic mass is 10.1. The third kappa shape index (κ3) is 5.90. The van der Waals surface area contributed by atoms with Crippen molar-refractivity contribution < 1.29 is 36.9 Å². The fourth-order valence-electron chi connectivity index (χ4n) is 2.60. The van der Waals surface area contributed by atoms with Crippen LogP contribution >= 0.6 is 0 Å². The lowest BCUT2D eigenvalue weighted by molar-refractivity contribution is -0.384. The van der Waals surface area contributed by atoms with Crippen LogP contribution in [0.25, 0.3) is 11.4 Å². The molecule has 1 aromatic heterocycles. The molecular weight excluding hydrogens is 449 g/mol. The second-order valence-electron chi connectivity index (χ2n) is 6.70. The summed E-state index contributed by atoms with van der Waals surface area (Å²) in [4.78, 5) is 38.4. The van der Waals surface area contributed by atoms with Crippen molar-refractivity contribution in [1.82, 2.24) is 15.5 Å². The van der Waals surface area contributed by atoms with Crippen molar-refractivity contribution in [3.8, 4) is 11.4 Å². The van der Waals surface area contributed by atoms with Crippen LogP contribution in [0.3, 0.4) is 0 Å². The Labute approximate surface area is 183 Å². The van der Waals surface area contributed by atoms with Crippen molar-refractivity contribution >= 4 is 17.6 Å². The Hall–Kier alpha value is -4.29. The van der Waals surface area contributed by atoms with E-state index in [0.717, 1.165) is 18.2 Å². The number of amides is 1. The Morgan fingerprint density at radius 2 is 1.91 bits per heavy atom. The van der Waals surface area contributed by atoms with Gasteiger partial charge in [-0.1, -0.05) is 23.4 Å². The van der Waals surface area contributed by atoms with Crippen molar-refractivity contribution in [3.63, 3.8) is 0 Å². The minimum Gasteiger partial charge on any atom is -0.454 e. The second kappa shape index (κ2) is 9.46. The SMILES string of the molecule is C[C@H](NC(=O)c1cccc([N+](=O)[O-])c1)C(=O)OCc1nc(-c2ccc(C(F)(F)F)cc2)no1. The largest absolute Gasteiger partial charge is 0.454 e. The fraction of sp³-hybridized carbons (Fsp3) is 0.200. The first-order valence-corrected chi connectivity index (χ1v) is 9.27. The van der Waals surface area contributed by atoms with Crippen molar-refractivity contribution in [2.75, 3.05) is 0 Å². The third-order valence-electron chi connectivity index (χ3n) is 4.30. The molecule has 3 rings (SSSR count). The number of carbonyl (C=O) groups is 2. The van der Waals surface area contributed by atoms with Gasteiger partial charge >= 0.3 is 12.1 Å². The smallest absolute Gasteiger partial charge is 0.416 e. The van der Waals surface area contributed by atoms with E-state index < -0.39 is 41.2 Å². The molecule has 0 aliphatic heterocycles. The molecule has 0 bridgehead atoms. The van der Waals surface area contributed by atoms with Gasteiger partial charge in [0.05, 0.1) is 10.5 Å². The molecule has 0 aliphatic carbocycles. The number of carbonyl (C=O) groups excluding carboxylic acids is 2. The summed E-state index contributed by atoms with van der Waals surface area (Å²) in [7, 11) is 0. The van der Waals surface area contributed by atoms with Crippen LogP contribution < -0.4 is 5.32 Å². The zero-order valence-corrected chi connectivity index (χ0v) is 16.8. The molecule has 0 spiro atoms. The van der Waals surface area contributed by atoms with Crippen LogP contribution in [-0.4, -0.2) is 33.0 Å². The van der Waals surface area contributed by atoms with Gasteiger partial charge in [-0.15, -0.1) is 0 Å². The van der Waals surface area contributed by atoms with E-state index in [1.165, 1.54) is 37.3 Å². The Morgan fingerprint density at radius 3 is 2.55 bits per heavy atom. The number of halogens is 3. The van der Waals surface area contributed by atoms with Gasteiger partial charge in [-0.2, -0.15) is 18.2 Å². The Morgan fingerprint density at radius 1 is 1.21 bits per heavy atom.